The molecule has 0 aromatic carbocycles. The van der Waals surface area contributed by atoms with E-state index < -0.39 is 0 Å². The van der Waals surface area contributed by atoms with Gasteiger partial charge in [-0.15, -0.1) is 0 Å². The molecule has 0 aromatic rings. The van der Waals surface area contributed by atoms with Crippen molar-refractivity contribution in [3.05, 3.63) is 10.4 Å². The van der Waals surface area contributed by atoms with Gasteiger partial charge in [0.1, 0.15) is 0 Å². The van der Waals surface area contributed by atoms with Gasteiger partial charge < -0.3 is 10.0 Å². The lowest BCUT2D eigenvalue weighted by Crippen LogP contribution is -2.44. The molecule has 1 heterocycles. The van der Waals surface area contributed by atoms with Gasteiger partial charge in [-0.05, 0) is 30.2 Å². The van der Waals surface area contributed by atoms with Gasteiger partial charge in [-0.25, -0.2) is 0 Å². The Kier molecular flexibility index (Phi) is 5.60. The van der Waals surface area contributed by atoms with Crippen molar-refractivity contribution in [3.63, 3.8) is 0 Å². The molecule has 0 unspecified atom stereocenters. The van der Waals surface area contributed by atoms with E-state index in [0.29, 0.717) is 18.4 Å². The summed E-state index contributed by atoms with van der Waals surface area (Å²) in [6.45, 7) is 7.56. The predicted octanol–water partition coefficient (Wildman–Crippen LogP) is 2.03. The predicted molar refractivity (Wildman–Crippen MR) is 64.0 cm³/mol. The number of piperidine rings is 1. The molecule has 0 radical (unpaired) electrons. The maximum atomic E-state index is 9.90. The van der Waals surface area contributed by atoms with Crippen LogP contribution in [0.3, 0.4) is 0 Å². The zero-order valence-electron chi connectivity index (χ0n) is 10.2. The van der Waals surface area contributed by atoms with Crippen molar-refractivity contribution in [2.24, 2.45) is 17.0 Å². The monoisotopic (exact) mass is 226 g/mol. The molecular formula is C11H22N4O. The SMILES string of the molecule is CC(C)C[C@@H]1CN(CCN=[N+]=[N-])CC[C@H]1O. The fraction of sp³-hybridized carbons (Fsp3) is 1.00. The highest BCUT2D eigenvalue weighted by Gasteiger charge is 2.27. The average molecular weight is 226 g/mol. The summed E-state index contributed by atoms with van der Waals surface area (Å²) in [6, 6.07) is 0. The smallest absolute Gasteiger partial charge is 0.0592 e. The highest BCUT2D eigenvalue weighted by molar-refractivity contribution is 4.81. The second-order valence-electron chi connectivity index (χ2n) is 5.00. The third kappa shape index (κ3) is 4.39. The lowest BCUT2D eigenvalue weighted by Gasteiger charge is -2.36. The van der Waals surface area contributed by atoms with E-state index in [2.05, 4.69) is 28.8 Å². The fourth-order valence-corrected chi connectivity index (χ4v) is 2.37. The van der Waals surface area contributed by atoms with E-state index in [1.54, 1.807) is 0 Å². The molecular weight excluding hydrogens is 204 g/mol. The van der Waals surface area contributed by atoms with Crippen LogP contribution < -0.4 is 0 Å². The minimum absolute atomic E-state index is 0.155. The van der Waals surface area contributed by atoms with Crippen LogP contribution in [0.25, 0.3) is 10.4 Å². The second kappa shape index (κ2) is 6.74. The first-order valence-corrected chi connectivity index (χ1v) is 6.04. The summed E-state index contributed by atoms with van der Waals surface area (Å²) in [4.78, 5) is 5.04. The van der Waals surface area contributed by atoms with Crippen molar-refractivity contribution in [2.75, 3.05) is 26.2 Å². The molecule has 92 valence electrons. The lowest BCUT2D eigenvalue weighted by molar-refractivity contribution is 0.0188. The van der Waals surface area contributed by atoms with Crippen LogP contribution in [0.5, 0.6) is 0 Å². The van der Waals surface area contributed by atoms with E-state index in [1.807, 2.05) is 0 Å². The van der Waals surface area contributed by atoms with Gasteiger partial charge in [-0.2, -0.15) is 0 Å². The number of azide groups is 1. The topological polar surface area (TPSA) is 72.2 Å². The van der Waals surface area contributed by atoms with E-state index in [9.17, 15) is 5.11 Å². The number of nitrogens with zero attached hydrogens (tertiary/aromatic N) is 4. The van der Waals surface area contributed by atoms with Gasteiger partial charge in [0, 0.05) is 31.1 Å². The second-order valence-corrected chi connectivity index (χ2v) is 5.00. The Hall–Kier alpha value is -0.770. The minimum atomic E-state index is -0.155. The summed E-state index contributed by atoms with van der Waals surface area (Å²) in [7, 11) is 0. The van der Waals surface area contributed by atoms with Gasteiger partial charge in [0.2, 0.25) is 0 Å². The van der Waals surface area contributed by atoms with Crippen LogP contribution in [0.15, 0.2) is 5.11 Å². The van der Waals surface area contributed by atoms with Crippen molar-refractivity contribution in [1.29, 1.82) is 0 Å². The van der Waals surface area contributed by atoms with Crippen molar-refractivity contribution < 1.29 is 5.11 Å². The quantitative estimate of drug-likeness (QED) is 0.442. The molecule has 0 saturated carbocycles. The van der Waals surface area contributed by atoms with Gasteiger partial charge >= 0.3 is 0 Å². The number of rotatable bonds is 5. The number of hydrogen-bond donors (Lipinski definition) is 1. The lowest BCUT2D eigenvalue weighted by atomic mass is 9.87. The first-order valence-electron chi connectivity index (χ1n) is 6.04. The summed E-state index contributed by atoms with van der Waals surface area (Å²) in [5.41, 5.74) is 8.21. The van der Waals surface area contributed by atoms with Crippen molar-refractivity contribution >= 4 is 0 Å². The molecule has 2 atom stereocenters. The van der Waals surface area contributed by atoms with Crippen LogP contribution in [0.2, 0.25) is 0 Å². The largest absolute Gasteiger partial charge is 0.393 e. The number of hydrogen-bond acceptors (Lipinski definition) is 3. The van der Waals surface area contributed by atoms with E-state index in [4.69, 9.17) is 5.53 Å². The number of likely N-dealkylation sites (tertiary alicyclic amines) is 1. The van der Waals surface area contributed by atoms with Crippen LogP contribution in [0, 0.1) is 11.8 Å². The third-order valence-electron chi connectivity index (χ3n) is 3.13. The Morgan fingerprint density at radius 1 is 1.56 bits per heavy atom. The van der Waals surface area contributed by atoms with E-state index in [-0.39, 0.29) is 6.10 Å². The summed E-state index contributed by atoms with van der Waals surface area (Å²) >= 11 is 0. The molecule has 1 rings (SSSR count). The van der Waals surface area contributed by atoms with Gasteiger partial charge in [-0.1, -0.05) is 19.0 Å². The maximum Gasteiger partial charge on any atom is 0.0592 e. The summed E-state index contributed by atoms with van der Waals surface area (Å²) in [5.74, 6) is 0.997. The Morgan fingerprint density at radius 2 is 2.31 bits per heavy atom. The molecule has 1 saturated heterocycles. The normalized spacial score (nSPS) is 26.8. The van der Waals surface area contributed by atoms with E-state index in [1.165, 1.54) is 0 Å². The number of aliphatic hydroxyl groups is 1. The highest BCUT2D eigenvalue weighted by Crippen LogP contribution is 2.23. The molecule has 1 fully saturated rings. The maximum absolute atomic E-state index is 9.90. The molecule has 1 N–H and O–H groups in total. The molecule has 0 bridgehead atoms. The zero-order chi connectivity index (χ0) is 12.0. The van der Waals surface area contributed by atoms with Crippen LogP contribution in [0.1, 0.15) is 26.7 Å². The van der Waals surface area contributed by atoms with Crippen molar-refractivity contribution in [3.8, 4) is 0 Å². The Bertz CT molecular complexity index is 250. The fourth-order valence-electron chi connectivity index (χ4n) is 2.37. The van der Waals surface area contributed by atoms with Crippen molar-refractivity contribution in [2.45, 2.75) is 32.8 Å². The molecule has 5 nitrogen and oxygen atoms in total. The first-order chi connectivity index (χ1) is 7.63. The number of aliphatic hydroxyl groups excluding tert-OH is 1. The third-order valence-corrected chi connectivity index (χ3v) is 3.13. The van der Waals surface area contributed by atoms with Gasteiger partial charge in [0.05, 0.1) is 6.10 Å². The molecule has 16 heavy (non-hydrogen) atoms. The average Bonchev–Trinajstić information content (AvgIpc) is 2.22. The summed E-state index contributed by atoms with van der Waals surface area (Å²) in [5, 5.41) is 13.4. The molecule has 5 heteroatoms. The van der Waals surface area contributed by atoms with E-state index in [0.717, 1.165) is 32.5 Å². The highest BCUT2D eigenvalue weighted by atomic mass is 16.3. The molecule has 1 aliphatic rings. The van der Waals surface area contributed by atoms with Crippen LogP contribution >= 0.6 is 0 Å². The zero-order valence-corrected chi connectivity index (χ0v) is 10.2. The molecule has 1 aliphatic heterocycles. The summed E-state index contributed by atoms with van der Waals surface area (Å²) < 4.78 is 0. The van der Waals surface area contributed by atoms with Crippen molar-refractivity contribution in [1.82, 2.24) is 4.90 Å². The van der Waals surface area contributed by atoms with E-state index >= 15 is 0 Å². The molecule has 0 amide bonds. The first kappa shape index (κ1) is 13.3. The molecule has 0 spiro atoms. The van der Waals surface area contributed by atoms with Crippen LogP contribution in [-0.4, -0.2) is 42.3 Å². The molecule has 0 aliphatic carbocycles. The minimum Gasteiger partial charge on any atom is -0.393 e. The van der Waals surface area contributed by atoms with Gasteiger partial charge in [0.15, 0.2) is 0 Å². The van der Waals surface area contributed by atoms with Gasteiger partial charge in [-0.3, -0.25) is 0 Å². The molecule has 0 aromatic heterocycles. The van der Waals surface area contributed by atoms with Crippen LogP contribution in [0.4, 0.5) is 0 Å². The summed E-state index contributed by atoms with van der Waals surface area (Å²) in [6.07, 6.45) is 1.76. The Balaban J connectivity index is 2.37. The Morgan fingerprint density at radius 3 is 2.94 bits per heavy atom. The standard InChI is InChI=1S/C11H22N4O/c1-9(2)7-10-8-15(5-3-11(10)16)6-4-13-14-12/h9-11,16H,3-8H2,1-2H3/t10-,11-/m1/s1. The van der Waals surface area contributed by atoms with Gasteiger partial charge in [0.25, 0.3) is 0 Å². The van der Waals surface area contributed by atoms with Crippen LogP contribution in [-0.2, 0) is 0 Å². The Labute approximate surface area is 97.1 Å².